The first kappa shape index (κ1) is 10.0. The minimum absolute atomic E-state index is 0.160. The highest BCUT2D eigenvalue weighted by molar-refractivity contribution is 5.82. The summed E-state index contributed by atoms with van der Waals surface area (Å²) in [6, 6.07) is 0.280. The second kappa shape index (κ2) is 3.36. The topological polar surface area (TPSA) is 80.4 Å². The molecule has 14 heavy (non-hydrogen) atoms. The van der Waals surface area contributed by atoms with Crippen molar-refractivity contribution >= 4 is 12.0 Å². The van der Waals surface area contributed by atoms with E-state index in [4.69, 9.17) is 5.11 Å². The number of carbonyl (C=O) groups excluding carboxylic acids is 1. The Hall–Kier alpha value is -2.05. The van der Waals surface area contributed by atoms with Gasteiger partial charge in [0.05, 0.1) is 11.0 Å². The average molecular weight is 203 g/mol. The molecule has 74 valence electrons. The van der Waals surface area contributed by atoms with E-state index >= 15 is 0 Å². The molecule has 0 aliphatic rings. The van der Waals surface area contributed by atoms with Gasteiger partial charge >= 0.3 is 0 Å². The lowest BCUT2D eigenvalue weighted by Gasteiger charge is -2.00. The summed E-state index contributed by atoms with van der Waals surface area (Å²) in [6.45, 7) is 0. The molecule has 0 spiro atoms. The van der Waals surface area contributed by atoms with E-state index < -0.39 is 33.6 Å². The average Bonchev–Trinajstić information content (AvgIpc) is 2.13. The number of aromatic hydroxyl groups is 1. The van der Waals surface area contributed by atoms with Gasteiger partial charge in [0.15, 0.2) is 23.7 Å². The molecule has 0 unspecified atom stereocenters. The Morgan fingerprint density at radius 2 is 2.07 bits per heavy atom. The number of nitro benzene ring substituents is 1. The number of hydrogen-bond donors (Lipinski definition) is 1. The van der Waals surface area contributed by atoms with Gasteiger partial charge in [-0.05, 0) is 0 Å². The highest BCUT2D eigenvalue weighted by atomic mass is 19.1. The van der Waals surface area contributed by atoms with E-state index in [1.807, 2.05) is 0 Å². The monoisotopic (exact) mass is 203 g/mol. The second-order valence-corrected chi connectivity index (χ2v) is 2.33. The van der Waals surface area contributed by atoms with Gasteiger partial charge in [-0.15, -0.1) is 0 Å². The maximum Gasteiger partial charge on any atom is 0.286 e. The molecule has 0 fully saturated rings. The molecule has 0 saturated carbocycles. The van der Waals surface area contributed by atoms with Gasteiger partial charge in [-0.1, -0.05) is 0 Å². The maximum atomic E-state index is 12.9. The molecule has 0 atom stereocenters. The lowest BCUT2D eigenvalue weighted by molar-refractivity contribution is -0.385. The number of phenols is 1. The van der Waals surface area contributed by atoms with Crippen molar-refractivity contribution < 1.29 is 23.6 Å². The first-order chi connectivity index (χ1) is 6.49. The number of rotatable bonds is 2. The van der Waals surface area contributed by atoms with Crippen molar-refractivity contribution in [3.8, 4) is 5.75 Å². The first-order valence-electron chi connectivity index (χ1n) is 3.29. The molecular formula is C7H3F2NO4. The third-order valence-electron chi connectivity index (χ3n) is 1.52. The molecule has 1 rings (SSSR count). The third kappa shape index (κ3) is 1.39. The standard InChI is InChI=1S/C7H3F2NO4/c8-4-1-5(10(13)14)3(2-11)6(9)7(4)12/h1-2,12H. The summed E-state index contributed by atoms with van der Waals surface area (Å²) >= 11 is 0. The Labute approximate surface area is 75.7 Å². The van der Waals surface area contributed by atoms with Gasteiger partial charge in [-0.25, -0.2) is 8.78 Å². The molecule has 1 aromatic rings. The van der Waals surface area contributed by atoms with Gasteiger partial charge < -0.3 is 5.11 Å². The Morgan fingerprint density at radius 1 is 1.50 bits per heavy atom. The van der Waals surface area contributed by atoms with E-state index in [1.54, 1.807) is 0 Å². The zero-order chi connectivity index (χ0) is 10.9. The van der Waals surface area contributed by atoms with Crippen molar-refractivity contribution in [1.29, 1.82) is 0 Å². The smallest absolute Gasteiger partial charge is 0.286 e. The molecular weight excluding hydrogens is 200 g/mol. The molecule has 0 amide bonds. The number of nitrogens with zero attached hydrogens (tertiary/aromatic N) is 1. The van der Waals surface area contributed by atoms with Crippen LogP contribution in [-0.2, 0) is 0 Å². The Bertz CT molecular complexity index is 419. The van der Waals surface area contributed by atoms with Crippen LogP contribution in [0.5, 0.6) is 5.75 Å². The van der Waals surface area contributed by atoms with Crippen LogP contribution in [0.1, 0.15) is 10.4 Å². The fourth-order valence-electron chi connectivity index (χ4n) is 0.874. The van der Waals surface area contributed by atoms with Gasteiger partial charge in [0.1, 0.15) is 5.56 Å². The Balaban J connectivity index is 3.59. The largest absolute Gasteiger partial charge is 0.503 e. The van der Waals surface area contributed by atoms with Crippen molar-refractivity contribution in [3.63, 3.8) is 0 Å². The first-order valence-corrected chi connectivity index (χ1v) is 3.29. The lowest BCUT2D eigenvalue weighted by Crippen LogP contribution is -1.99. The number of aldehydes is 1. The molecule has 0 aromatic heterocycles. The number of halogens is 2. The normalized spacial score (nSPS) is 9.86. The molecule has 0 saturated heterocycles. The number of carbonyl (C=O) groups is 1. The van der Waals surface area contributed by atoms with E-state index in [0.717, 1.165) is 0 Å². The van der Waals surface area contributed by atoms with Crippen LogP contribution in [-0.4, -0.2) is 16.3 Å². The van der Waals surface area contributed by atoms with Gasteiger partial charge in [0.25, 0.3) is 5.69 Å². The fraction of sp³-hybridized carbons (Fsp3) is 0. The van der Waals surface area contributed by atoms with E-state index in [1.165, 1.54) is 0 Å². The maximum absolute atomic E-state index is 12.9. The zero-order valence-corrected chi connectivity index (χ0v) is 6.53. The van der Waals surface area contributed by atoms with Crippen LogP contribution >= 0.6 is 0 Å². The number of phenolic OH excluding ortho intramolecular Hbond substituents is 1. The molecule has 7 heteroatoms. The van der Waals surface area contributed by atoms with Crippen LogP contribution in [0.3, 0.4) is 0 Å². The van der Waals surface area contributed by atoms with Gasteiger partial charge in [0, 0.05) is 0 Å². The Morgan fingerprint density at radius 3 is 2.50 bits per heavy atom. The molecule has 0 aliphatic heterocycles. The molecule has 0 bridgehead atoms. The number of benzene rings is 1. The molecule has 0 heterocycles. The summed E-state index contributed by atoms with van der Waals surface area (Å²) in [5.41, 5.74) is -2.00. The summed E-state index contributed by atoms with van der Waals surface area (Å²) in [6.07, 6.45) is -0.160. The molecule has 0 aliphatic carbocycles. The summed E-state index contributed by atoms with van der Waals surface area (Å²) < 4.78 is 25.5. The minimum Gasteiger partial charge on any atom is -0.503 e. The van der Waals surface area contributed by atoms with E-state index in [0.29, 0.717) is 0 Å². The predicted molar refractivity (Wildman–Crippen MR) is 40.1 cm³/mol. The lowest BCUT2D eigenvalue weighted by atomic mass is 10.1. The molecule has 5 nitrogen and oxygen atoms in total. The molecule has 1 N–H and O–H groups in total. The molecule has 0 radical (unpaired) electrons. The van der Waals surface area contributed by atoms with Crippen LogP contribution in [0.25, 0.3) is 0 Å². The summed E-state index contributed by atoms with van der Waals surface area (Å²) in [7, 11) is 0. The number of nitro groups is 1. The SMILES string of the molecule is O=Cc1c([N+](=O)[O-])cc(F)c(O)c1F. The van der Waals surface area contributed by atoms with Crippen LogP contribution in [0.4, 0.5) is 14.5 Å². The van der Waals surface area contributed by atoms with Crippen LogP contribution in [0.2, 0.25) is 0 Å². The number of hydrogen-bond acceptors (Lipinski definition) is 4. The summed E-state index contributed by atoms with van der Waals surface area (Å²) in [5.74, 6) is -4.52. The summed E-state index contributed by atoms with van der Waals surface area (Å²) in [5, 5.41) is 18.9. The van der Waals surface area contributed by atoms with Crippen LogP contribution in [0.15, 0.2) is 6.07 Å². The van der Waals surface area contributed by atoms with Crippen molar-refractivity contribution in [2.24, 2.45) is 0 Å². The fourth-order valence-corrected chi connectivity index (χ4v) is 0.874. The van der Waals surface area contributed by atoms with Gasteiger partial charge in [0.2, 0.25) is 0 Å². The van der Waals surface area contributed by atoms with Crippen molar-refractivity contribution in [2.75, 3.05) is 0 Å². The van der Waals surface area contributed by atoms with Crippen molar-refractivity contribution in [2.45, 2.75) is 0 Å². The van der Waals surface area contributed by atoms with Gasteiger partial charge in [-0.2, -0.15) is 0 Å². The minimum atomic E-state index is -1.63. The Kier molecular flexibility index (Phi) is 2.41. The highest BCUT2D eigenvalue weighted by Crippen LogP contribution is 2.29. The summed E-state index contributed by atoms with van der Waals surface area (Å²) in [4.78, 5) is 19.4. The third-order valence-corrected chi connectivity index (χ3v) is 1.52. The second-order valence-electron chi connectivity index (χ2n) is 2.33. The van der Waals surface area contributed by atoms with E-state index in [-0.39, 0.29) is 12.4 Å². The van der Waals surface area contributed by atoms with Crippen LogP contribution in [0, 0.1) is 21.7 Å². The highest BCUT2D eigenvalue weighted by Gasteiger charge is 2.24. The zero-order valence-electron chi connectivity index (χ0n) is 6.53. The van der Waals surface area contributed by atoms with Crippen molar-refractivity contribution in [1.82, 2.24) is 0 Å². The predicted octanol–water partition coefficient (Wildman–Crippen LogP) is 1.39. The van der Waals surface area contributed by atoms with E-state index in [9.17, 15) is 23.7 Å². The van der Waals surface area contributed by atoms with Gasteiger partial charge in [-0.3, -0.25) is 14.9 Å². The van der Waals surface area contributed by atoms with Crippen molar-refractivity contribution in [3.05, 3.63) is 33.4 Å². The molecule has 1 aromatic carbocycles. The van der Waals surface area contributed by atoms with E-state index in [2.05, 4.69) is 0 Å². The van der Waals surface area contributed by atoms with Crippen LogP contribution < -0.4 is 0 Å². The quantitative estimate of drug-likeness (QED) is 0.447.